The Balaban J connectivity index is 2.21. The van der Waals surface area contributed by atoms with Crippen molar-refractivity contribution in [3.05, 3.63) is 15.1 Å². The summed E-state index contributed by atoms with van der Waals surface area (Å²) in [6.45, 7) is 3.39. The SMILES string of the molecule is CCCOCc1nc(NC)c(I)c(C2CCCC2)n1. The van der Waals surface area contributed by atoms with Crippen molar-refractivity contribution in [2.75, 3.05) is 19.0 Å². The lowest BCUT2D eigenvalue weighted by molar-refractivity contribution is 0.116. The van der Waals surface area contributed by atoms with Crippen LogP contribution in [0.25, 0.3) is 0 Å². The van der Waals surface area contributed by atoms with Crippen LogP contribution in [0.15, 0.2) is 0 Å². The van der Waals surface area contributed by atoms with Crippen molar-refractivity contribution >= 4 is 28.4 Å². The smallest absolute Gasteiger partial charge is 0.156 e. The molecule has 0 saturated heterocycles. The van der Waals surface area contributed by atoms with Gasteiger partial charge in [-0.15, -0.1) is 0 Å². The number of halogens is 1. The van der Waals surface area contributed by atoms with Crippen molar-refractivity contribution in [2.45, 2.75) is 51.6 Å². The normalized spacial score (nSPS) is 15.9. The topological polar surface area (TPSA) is 47.0 Å². The van der Waals surface area contributed by atoms with Gasteiger partial charge < -0.3 is 10.1 Å². The molecule has 5 heteroatoms. The highest BCUT2D eigenvalue weighted by Gasteiger charge is 2.23. The summed E-state index contributed by atoms with van der Waals surface area (Å²) < 4.78 is 6.74. The minimum Gasteiger partial charge on any atom is -0.373 e. The quantitative estimate of drug-likeness (QED) is 0.608. The minimum atomic E-state index is 0.513. The number of anilines is 1. The van der Waals surface area contributed by atoms with Crippen molar-refractivity contribution < 1.29 is 4.74 Å². The third-order valence-corrected chi connectivity index (χ3v) is 4.54. The molecule has 2 rings (SSSR count). The molecule has 106 valence electrons. The molecule has 1 aliphatic rings. The molecular formula is C14H22IN3O. The van der Waals surface area contributed by atoms with Gasteiger partial charge in [-0.05, 0) is 41.9 Å². The molecule has 19 heavy (non-hydrogen) atoms. The molecule has 1 aromatic heterocycles. The van der Waals surface area contributed by atoms with Crippen LogP contribution in [0.2, 0.25) is 0 Å². The summed E-state index contributed by atoms with van der Waals surface area (Å²) in [5, 5.41) is 3.18. The number of nitrogens with zero attached hydrogens (tertiary/aromatic N) is 2. The molecule has 1 saturated carbocycles. The fourth-order valence-corrected chi connectivity index (χ4v) is 3.47. The molecule has 0 radical (unpaired) electrons. The monoisotopic (exact) mass is 375 g/mol. The Hall–Kier alpha value is -0.430. The van der Waals surface area contributed by atoms with Crippen molar-refractivity contribution in [3.8, 4) is 0 Å². The molecule has 0 atom stereocenters. The van der Waals surface area contributed by atoms with E-state index in [1.165, 1.54) is 34.9 Å². The Morgan fingerprint density at radius 2 is 2.05 bits per heavy atom. The number of aromatic nitrogens is 2. The first kappa shape index (κ1) is 15.0. The van der Waals surface area contributed by atoms with E-state index < -0.39 is 0 Å². The van der Waals surface area contributed by atoms with Gasteiger partial charge >= 0.3 is 0 Å². The van der Waals surface area contributed by atoms with Crippen molar-refractivity contribution in [1.82, 2.24) is 9.97 Å². The summed E-state index contributed by atoms with van der Waals surface area (Å²) in [6, 6.07) is 0. The van der Waals surface area contributed by atoms with E-state index in [1.54, 1.807) is 0 Å². The first-order valence-electron chi connectivity index (χ1n) is 7.08. The average molecular weight is 375 g/mol. The van der Waals surface area contributed by atoms with Gasteiger partial charge in [0.1, 0.15) is 12.4 Å². The number of ether oxygens (including phenoxy) is 1. The van der Waals surface area contributed by atoms with Gasteiger partial charge in [-0.25, -0.2) is 9.97 Å². The highest BCUT2D eigenvalue weighted by Crippen LogP contribution is 2.36. The number of hydrogen-bond acceptors (Lipinski definition) is 4. The average Bonchev–Trinajstić information content (AvgIpc) is 2.94. The van der Waals surface area contributed by atoms with Crippen molar-refractivity contribution in [1.29, 1.82) is 0 Å². The molecule has 0 amide bonds. The van der Waals surface area contributed by atoms with Crippen LogP contribution < -0.4 is 5.32 Å². The van der Waals surface area contributed by atoms with Crippen LogP contribution in [-0.4, -0.2) is 23.6 Å². The van der Waals surface area contributed by atoms with Crippen LogP contribution in [0.5, 0.6) is 0 Å². The van der Waals surface area contributed by atoms with Crippen LogP contribution in [0, 0.1) is 3.57 Å². The summed E-state index contributed by atoms with van der Waals surface area (Å²) >= 11 is 2.36. The standard InChI is InChI=1S/C14H22IN3O/c1-3-8-19-9-11-17-13(10-6-4-5-7-10)12(15)14(16-2)18-11/h10H,3-9H2,1-2H3,(H,16,17,18). The molecule has 0 aliphatic heterocycles. The van der Waals surface area contributed by atoms with Gasteiger partial charge in [0.2, 0.25) is 0 Å². The minimum absolute atomic E-state index is 0.513. The zero-order chi connectivity index (χ0) is 13.7. The van der Waals surface area contributed by atoms with Crippen LogP contribution in [-0.2, 0) is 11.3 Å². The Morgan fingerprint density at radius 1 is 1.32 bits per heavy atom. The maximum absolute atomic E-state index is 5.57. The molecule has 1 fully saturated rings. The Labute approximate surface area is 128 Å². The molecular weight excluding hydrogens is 353 g/mol. The van der Waals surface area contributed by atoms with E-state index in [4.69, 9.17) is 9.72 Å². The lowest BCUT2D eigenvalue weighted by Crippen LogP contribution is -2.11. The Morgan fingerprint density at radius 3 is 2.68 bits per heavy atom. The van der Waals surface area contributed by atoms with Crippen LogP contribution in [0.4, 0.5) is 5.82 Å². The summed E-state index contributed by atoms with van der Waals surface area (Å²) in [7, 11) is 1.92. The molecule has 0 spiro atoms. The summed E-state index contributed by atoms with van der Waals surface area (Å²) in [5.41, 5.74) is 1.22. The van der Waals surface area contributed by atoms with Gasteiger partial charge in [0, 0.05) is 19.6 Å². The molecule has 4 nitrogen and oxygen atoms in total. The number of rotatable bonds is 6. The third-order valence-electron chi connectivity index (χ3n) is 3.48. The summed E-state index contributed by atoms with van der Waals surface area (Å²) in [4.78, 5) is 9.29. The molecule has 0 unspecified atom stereocenters. The van der Waals surface area contributed by atoms with Gasteiger partial charge in [-0.1, -0.05) is 19.8 Å². The van der Waals surface area contributed by atoms with Crippen LogP contribution >= 0.6 is 22.6 Å². The van der Waals surface area contributed by atoms with Crippen LogP contribution in [0.1, 0.15) is 56.5 Å². The zero-order valence-electron chi connectivity index (χ0n) is 11.7. The zero-order valence-corrected chi connectivity index (χ0v) is 13.9. The Bertz CT molecular complexity index is 419. The van der Waals surface area contributed by atoms with E-state index in [-0.39, 0.29) is 0 Å². The molecule has 1 N–H and O–H groups in total. The van der Waals surface area contributed by atoms with E-state index in [2.05, 4.69) is 39.8 Å². The lowest BCUT2D eigenvalue weighted by Gasteiger charge is -2.15. The highest BCUT2D eigenvalue weighted by molar-refractivity contribution is 14.1. The maximum atomic E-state index is 5.57. The molecule has 1 heterocycles. The van der Waals surface area contributed by atoms with Crippen molar-refractivity contribution in [2.24, 2.45) is 0 Å². The Kier molecular flexibility index (Phi) is 5.81. The summed E-state index contributed by atoms with van der Waals surface area (Å²) in [5.74, 6) is 2.35. The summed E-state index contributed by atoms with van der Waals surface area (Å²) in [6.07, 6.45) is 6.18. The van der Waals surface area contributed by atoms with E-state index in [0.717, 1.165) is 24.7 Å². The number of nitrogens with one attached hydrogen (secondary N) is 1. The van der Waals surface area contributed by atoms with Crippen molar-refractivity contribution in [3.63, 3.8) is 0 Å². The van der Waals surface area contributed by atoms with E-state index >= 15 is 0 Å². The lowest BCUT2D eigenvalue weighted by atomic mass is 10.0. The first-order valence-corrected chi connectivity index (χ1v) is 8.16. The second-order valence-electron chi connectivity index (χ2n) is 4.97. The van der Waals surface area contributed by atoms with E-state index in [9.17, 15) is 0 Å². The fourth-order valence-electron chi connectivity index (χ4n) is 2.52. The predicted octanol–water partition coefficient (Wildman–Crippen LogP) is 3.71. The third kappa shape index (κ3) is 3.78. The second-order valence-corrected chi connectivity index (χ2v) is 6.05. The second kappa shape index (κ2) is 7.38. The van der Waals surface area contributed by atoms with Gasteiger partial charge in [-0.2, -0.15) is 0 Å². The molecule has 1 aliphatic carbocycles. The van der Waals surface area contributed by atoms with Gasteiger partial charge in [0.15, 0.2) is 5.82 Å². The molecule has 1 aromatic rings. The van der Waals surface area contributed by atoms with Gasteiger partial charge in [0.25, 0.3) is 0 Å². The highest BCUT2D eigenvalue weighted by atomic mass is 127. The maximum Gasteiger partial charge on any atom is 0.156 e. The van der Waals surface area contributed by atoms with E-state index in [0.29, 0.717) is 12.5 Å². The predicted molar refractivity (Wildman–Crippen MR) is 85.5 cm³/mol. The largest absolute Gasteiger partial charge is 0.373 e. The number of hydrogen-bond donors (Lipinski definition) is 1. The molecule has 0 bridgehead atoms. The van der Waals surface area contributed by atoms with Gasteiger partial charge in [-0.3, -0.25) is 0 Å². The fraction of sp³-hybridized carbons (Fsp3) is 0.714. The van der Waals surface area contributed by atoms with E-state index in [1.807, 2.05) is 7.05 Å². The van der Waals surface area contributed by atoms with Crippen LogP contribution in [0.3, 0.4) is 0 Å². The first-order chi connectivity index (χ1) is 9.26. The van der Waals surface area contributed by atoms with Gasteiger partial charge in [0.05, 0.1) is 9.26 Å². The molecule has 0 aromatic carbocycles.